The molecule has 170 valence electrons. The molecule has 0 saturated heterocycles. The number of thiazole rings is 1. The van der Waals surface area contributed by atoms with Crippen molar-refractivity contribution < 1.29 is 19.0 Å². The second-order valence-corrected chi connectivity index (χ2v) is 8.08. The summed E-state index contributed by atoms with van der Waals surface area (Å²) in [6, 6.07) is 16.6. The third-order valence-electron chi connectivity index (χ3n) is 4.90. The van der Waals surface area contributed by atoms with Gasteiger partial charge in [-0.05, 0) is 56.3 Å². The van der Waals surface area contributed by atoms with Crippen LogP contribution in [0.25, 0.3) is 10.2 Å². The molecule has 33 heavy (non-hydrogen) atoms. The maximum Gasteiger partial charge on any atom is 0.260 e. The predicted molar refractivity (Wildman–Crippen MR) is 130 cm³/mol. The third kappa shape index (κ3) is 5.06. The smallest absolute Gasteiger partial charge is 0.260 e. The summed E-state index contributed by atoms with van der Waals surface area (Å²) in [5, 5.41) is 0.584. The number of ether oxygens (including phenoxy) is 3. The van der Waals surface area contributed by atoms with E-state index in [1.54, 1.807) is 36.4 Å². The van der Waals surface area contributed by atoms with Crippen LogP contribution in [0.2, 0.25) is 0 Å². The first-order valence-electron chi connectivity index (χ1n) is 10.7. The average Bonchev–Trinajstić information content (AvgIpc) is 3.27. The second-order valence-electron chi connectivity index (χ2n) is 7.07. The molecule has 4 rings (SSSR count). The molecule has 0 radical (unpaired) electrons. The number of rotatable bonds is 9. The van der Waals surface area contributed by atoms with E-state index in [4.69, 9.17) is 19.2 Å². The number of hydrogen-bond donors (Lipinski definition) is 0. The Balaban J connectivity index is 1.75. The molecule has 0 unspecified atom stereocenters. The van der Waals surface area contributed by atoms with Crippen LogP contribution in [-0.4, -0.2) is 36.2 Å². The van der Waals surface area contributed by atoms with E-state index >= 15 is 0 Å². The van der Waals surface area contributed by atoms with E-state index in [0.717, 1.165) is 21.7 Å². The molecule has 0 spiro atoms. The van der Waals surface area contributed by atoms with Crippen molar-refractivity contribution in [3.8, 4) is 17.2 Å². The highest BCUT2D eigenvalue weighted by Gasteiger charge is 2.23. The Bertz CT molecular complexity index is 1240. The predicted octanol–water partition coefficient (Wildman–Crippen LogP) is 5.34. The van der Waals surface area contributed by atoms with Gasteiger partial charge in [0.2, 0.25) is 0 Å². The van der Waals surface area contributed by atoms with E-state index in [1.165, 1.54) is 11.3 Å². The van der Waals surface area contributed by atoms with Crippen LogP contribution in [0, 0.1) is 0 Å². The van der Waals surface area contributed by atoms with Gasteiger partial charge in [-0.15, -0.1) is 0 Å². The van der Waals surface area contributed by atoms with Crippen LogP contribution in [0.5, 0.6) is 17.2 Å². The number of fused-ring (bicyclic) bond motifs is 1. The van der Waals surface area contributed by atoms with Crippen LogP contribution in [0.3, 0.4) is 0 Å². The molecule has 8 heteroatoms. The van der Waals surface area contributed by atoms with Crippen molar-refractivity contribution in [2.75, 3.05) is 25.2 Å². The number of pyridine rings is 1. The lowest BCUT2D eigenvalue weighted by Gasteiger charge is -2.20. The number of carbonyl (C=O) groups is 1. The molecule has 0 N–H and O–H groups in total. The van der Waals surface area contributed by atoms with Crippen LogP contribution in [0.15, 0.2) is 60.8 Å². The van der Waals surface area contributed by atoms with Crippen LogP contribution >= 0.6 is 11.3 Å². The first-order chi connectivity index (χ1) is 16.1. The minimum absolute atomic E-state index is 0.198. The maximum absolute atomic E-state index is 13.7. The fraction of sp³-hybridized carbons (Fsp3) is 0.240. The fourth-order valence-corrected chi connectivity index (χ4v) is 4.30. The lowest BCUT2D eigenvalue weighted by atomic mass is 10.1. The quantitative estimate of drug-likeness (QED) is 0.333. The van der Waals surface area contributed by atoms with Gasteiger partial charge in [0.15, 0.2) is 16.6 Å². The number of anilines is 1. The summed E-state index contributed by atoms with van der Waals surface area (Å²) >= 11 is 1.45. The van der Waals surface area contributed by atoms with Crippen molar-refractivity contribution in [2.45, 2.75) is 20.4 Å². The van der Waals surface area contributed by atoms with Crippen molar-refractivity contribution >= 4 is 32.6 Å². The molecule has 0 fully saturated rings. The van der Waals surface area contributed by atoms with E-state index in [-0.39, 0.29) is 12.5 Å². The van der Waals surface area contributed by atoms with Gasteiger partial charge in [0.05, 0.1) is 42.8 Å². The fourth-order valence-electron chi connectivity index (χ4n) is 3.36. The molecule has 0 saturated carbocycles. The van der Waals surface area contributed by atoms with Gasteiger partial charge >= 0.3 is 0 Å². The number of carbonyl (C=O) groups excluding carboxylic acids is 1. The van der Waals surface area contributed by atoms with Gasteiger partial charge in [-0.3, -0.25) is 14.7 Å². The van der Waals surface area contributed by atoms with Crippen LogP contribution in [0.4, 0.5) is 5.13 Å². The van der Waals surface area contributed by atoms with Crippen molar-refractivity contribution in [3.05, 3.63) is 72.1 Å². The summed E-state index contributed by atoms with van der Waals surface area (Å²) in [5.41, 5.74) is 2.02. The highest BCUT2D eigenvalue weighted by molar-refractivity contribution is 7.22. The molecule has 1 amide bonds. The largest absolute Gasteiger partial charge is 0.497 e. The van der Waals surface area contributed by atoms with Crippen molar-refractivity contribution in [2.24, 2.45) is 0 Å². The van der Waals surface area contributed by atoms with Gasteiger partial charge in [-0.2, -0.15) is 0 Å². The maximum atomic E-state index is 13.7. The lowest BCUT2D eigenvalue weighted by Crippen LogP contribution is -2.30. The lowest BCUT2D eigenvalue weighted by molar-refractivity contribution is 0.0984. The van der Waals surface area contributed by atoms with E-state index in [0.29, 0.717) is 35.4 Å². The summed E-state index contributed by atoms with van der Waals surface area (Å²) in [7, 11) is 1.62. The topological polar surface area (TPSA) is 73.8 Å². The monoisotopic (exact) mass is 463 g/mol. The third-order valence-corrected chi connectivity index (χ3v) is 5.96. The molecule has 2 heterocycles. The molecule has 0 bridgehead atoms. The number of nitrogens with zero attached hydrogens (tertiary/aromatic N) is 3. The number of amides is 1. The summed E-state index contributed by atoms with van der Waals surface area (Å²) < 4.78 is 17.7. The van der Waals surface area contributed by atoms with Gasteiger partial charge in [-0.25, -0.2) is 4.98 Å². The Kier molecular flexibility index (Phi) is 7.04. The number of methoxy groups -OCH3 is 1. The average molecular weight is 464 g/mol. The Morgan fingerprint density at radius 2 is 1.82 bits per heavy atom. The van der Waals surface area contributed by atoms with Gasteiger partial charge in [0, 0.05) is 17.8 Å². The van der Waals surface area contributed by atoms with Gasteiger partial charge in [0.25, 0.3) is 5.91 Å². The Morgan fingerprint density at radius 3 is 2.55 bits per heavy atom. The zero-order valence-electron chi connectivity index (χ0n) is 18.8. The Labute approximate surface area is 196 Å². The summed E-state index contributed by atoms with van der Waals surface area (Å²) in [4.78, 5) is 24.5. The van der Waals surface area contributed by atoms with Gasteiger partial charge < -0.3 is 14.2 Å². The summed E-state index contributed by atoms with van der Waals surface area (Å²) in [5.74, 6) is 1.67. The van der Waals surface area contributed by atoms with Crippen LogP contribution in [0.1, 0.15) is 29.9 Å². The van der Waals surface area contributed by atoms with Gasteiger partial charge in [-0.1, -0.05) is 17.4 Å². The molecule has 0 aliphatic rings. The Hall–Kier alpha value is -3.65. The second kappa shape index (κ2) is 10.3. The molecule has 2 aromatic heterocycles. The molecular weight excluding hydrogens is 438 g/mol. The van der Waals surface area contributed by atoms with E-state index in [1.807, 2.05) is 50.2 Å². The first-order valence-corrected chi connectivity index (χ1v) is 11.5. The van der Waals surface area contributed by atoms with Gasteiger partial charge in [0.1, 0.15) is 5.75 Å². The minimum Gasteiger partial charge on any atom is -0.497 e. The minimum atomic E-state index is -0.198. The zero-order chi connectivity index (χ0) is 23.2. The van der Waals surface area contributed by atoms with Crippen LogP contribution in [-0.2, 0) is 6.54 Å². The van der Waals surface area contributed by atoms with E-state index in [9.17, 15) is 4.79 Å². The van der Waals surface area contributed by atoms with E-state index < -0.39 is 0 Å². The number of hydrogen-bond acceptors (Lipinski definition) is 7. The highest BCUT2D eigenvalue weighted by atomic mass is 32.1. The summed E-state index contributed by atoms with van der Waals surface area (Å²) in [6.45, 7) is 5.07. The first kappa shape index (κ1) is 22.5. The van der Waals surface area contributed by atoms with Crippen molar-refractivity contribution in [1.82, 2.24) is 9.97 Å². The molecule has 4 aromatic rings. The van der Waals surface area contributed by atoms with Crippen molar-refractivity contribution in [3.63, 3.8) is 0 Å². The molecule has 7 nitrogen and oxygen atoms in total. The number of benzene rings is 2. The molecule has 2 aromatic carbocycles. The standard InChI is InChI=1S/C25H25N3O4S/c1-4-31-21-11-9-17(14-22(21)32-5-2)24(29)28(16-18-8-6-7-13-26-18)25-27-20-15-19(30-3)10-12-23(20)33-25/h6-15H,4-5,16H2,1-3H3. The highest BCUT2D eigenvalue weighted by Crippen LogP contribution is 2.34. The van der Waals surface area contributed by atoms with Crippen molar-refractivity contribution in [1.29, 1.82) is 0 Å². The zero-order valence-corrected chi connectivity index (χ0v) is 19.6. The SMILES string of the molecule is CCOc1ccc(C(=O)N(Cc2ccccn2)c2nc3cc(OC)ccc3s2)cc1OCC. The van der Waals surface area contributed by atoms with Crippen LogP contribution < -0.4 is 19.1 Å². The molecular formula is C25H25N3O4S. The number of aromatic nitrogens is 2. The van der Waals surface area contributed by atoms with E-state index in [2.05, 4.69) is 4.98 Å². The Morgan fingerprint density at radius 1 is 1.00 bits per heavy atom. The molecule has 0 aliphatic heterocycles. The summed E-state index contributed by atoms with van der Waals surface area (Å²) in [6.07, 6.45) is 1.71. The molecule has 0 atom stereocenters. The molecule has 0 aliphatic carbocycles. The normalized spacial score (nSPS) is 10.8.